The number of hydrogen-bond acceptors (Lipinski definition) is 5. The van der Waals surface area contributed by atoms with Crippen molar-refractivity contribution in [1.29, 1.82) is 0 Å². The molecule has 0 saturated carbocycles. The van der Waals surface area contributed by atoms with Crippen molar-refractivity contribution < 1.29 is 23.7 Å². The highest BCUT2D eigenvalue weighted by Gasteiger charge is 2.08. The van der Waals surface area contributed by atoms with Crippen LogP contribution in [0.5, 0.6) is 17.2 Å². The van der Waals surface area contributed by atoms with Crippen LogP contribution in [0.25, 0.3) is 10.8 Å². The van der Waals surface area contributed by atoms with Crippen molar-refractivity contribution in [1.82, 2.24) is 0 Å². The molecule has 0 aromatic heterocycles. The molecular weight excluding hydrogens is 368 g/mol. The Morgan fingerprint density at radius 3 is 1.86 bits per heavy atom. The third-order valence-corrected chi connectivity index (χ3v) is 4.12. The first-order chi connectivity index (χ1) is 14.1. The highest BCUT2D eigenvalue weighted by Crippen LogP contribution is 2.32. The van der Waals surface area contributed by atoms with Crippen molar-refractivity contribution in [2.45, 2.75) is 6.92 Å². The fourth-order valence-electron chi connectivity index (χ4n) is 2.74. The van der Waals surface area contributed by atoms with Gasteiger partial charge in [-0.1, -0.05) is 49.0 Å². The second-order valence-corrected chi connectivity index (χ2v) is 6.38. The van der Waals surface area contributed by atoms with Crippen LogP contribution >= 0.6 is 0 Å². The molecule has 3 rings (SSSR count). The molecule has 0 heterocycles. The first kappa shape index (κ1) is 20.3. The number of carbonyl (C=O) groups excluding carboxylic acids is 1. The Morgan fingerprint density at radius 1 is 0.724 bits per heavy atom. The van der Waals surface area contributed by atoms with Crippen LogP contribution in [0, 0.1) is 0 Å². The van der Waals surface area contributed by atoms with Crippen LogP contribution in [0.4, 0.5) is 0 Å². The minimum absolute atomic E-state index is 0.162. The zero-order valence-electron chi connectivity index (χ0n) is 16.4. The van der Waals surface area contributed by atoms with E-state index < -0.39 is 5.97 Å². The van der Waals surface area contributed by atoms with Crippen LogP contribution < -0.4 is 14.2 Å². The molecule has 0 N–H and O–H groups in total. The average Bonchev–Trinajstić information content (AvgIpc) is 2.75. The van der Waals surface area contributed by atoms with E-state index in [1.165, 1.54) is 0 Å². The summed E-state index contributed by atoms with van der Waals surface area (Å²) in [6, 6.07) is 21.2. The summed E-state index contributed by atoms with van der Waals surface area (Å²) in [6.45, 7) is 6.46. The summed E-state index contributed by atoms with van der Waals surface area (Å²) in [5, 5.41) is 1.88. The standard InChI is InChI=1S/C24H24O5/c1-18(2)24(25)29-17-16-28-23-13-7-10-20-21(23)11-6-12-22(20)27-15-14-26-19-8-4-3-5-9-19/h3-13H,1,14-17H2,2H3. The van der Waals surface area contributed by atoms with Crippen molar-refractivity contribution in [3.05, 3.63) is 78.9 Å². The van der Waals surface area contributed by atoms with Crippen LogP contribution in [-0.4, -0.2) is 32.4 Å². The monoisotopic (exact) mass is 392 g/mol. The number of carbonyl (C=O) groups is 1. The van der Waals surface area contributed by atoms with Gasteiger partial charge in [0.05, 0.1) is 0 Å². The summed E-state index contributed by atoms with van der Waals surface area (Å²) in [5.74, 6) is 1.87. The topological polar surface area (TPSA) is 54.0 Å². The number of hydrogen-bond donors (Lipinski definition) is 0. The third-order valence-electron chi connectivity index (χ3n) is 4.12. The predicted molar refractivity (Wildman–Crippen MR) is 113 cm³/mol. The minimum atomic E-state index is -0.417. The van der Waals surface area contributed by atoms with E-state index in [1.807, 2.05) is 66.7 Å². The first-order valence-corrected chi connectivity index (χ1v) is 9.43. The van der Waals surface area contributed by atoms with E-state index >= 15 is 0 Å². The molecule has 0 saturated heterocycles. The number of rotatable bonds is 10. The Morgan fingerprint density at radius 2 is 1.28 bits per heavy atom. The molecule has 0 amide bonds. The molecule has 3 aromatic carbocycles. The highest BCUT2D eigenvalue weighted by atomic mass is 16.6. The third kappa shape index (κ3) is 5.75. The summed E-state index contributed by atoms with van der Waals surface area (Å²) in [5.41, 5.74) is 0.369. The van der Waals surface area contributed by atoms with Crippen LogP contribution in [0.2, 0.25) is 0 Å². The van der Waals surface area contributed by atoms with E-state index in [0.29, 0.717) is 24.5 Å². The van der Waals surface area contributed by atoms with Crippen molar-refractivity contribution in [3.8, 4) is 17.2 Å². The molecule has 5 heteroatoms. The lowest BCUT2D eigenvalue weighted by Crippen LogP contribution is -2.12. The predicted octanol–water partition coefficient (Wildman–Crippen LogP) is 4.80. The maximum absolute atomic E-state index is 11.4. The Kier molecular flexibility index (Phi) is 7.11. The van der Waals surface area contributed by atoms with Gasteiger partial charge in [-0.3, -0.25) is 0 Å². The lowest BCUT2D eigenvalue weighted by atomic mass is 10.1. The average molecular weight is 392 g/mol. The van der Waals surface area contributed by atoms with Gasteiger partial charge in [0.15, 0.2) is 0 Å². The van der Waals surface area contributed by atoms with Gasteiger partial charge in [0.25, 0.3) is 0 Å². The largest absolute Gasteiger partial charge is 0.490 e. The Bertz CT molecular complexity index is 965. The Labute approximate surface area is 170 Å². The molecule has 0 aliphatic rings. The van der Waals surface area contributed by atoms with Gasteiger partial charge in [0.2, 0.25) is 0 Å². The lowest BCUT2D eigenvalue weighted by molar-refractivity contribution is -0.139. The summed E-state index contributed by atoms with van der Waals surface area (Å²) in [4.78, 5) is 11.4. The molecule has 0 radical (unpaired) electrons. The van der Waals surface area contributed by atoms with Gasteiger partial charge >= 0.3 is 5.97 Å². The Hall–Kier alpha value is -3.47. The van der Waals surface area contributed by atoms with Crippen LogP contribution in [-0.2, 0) is 9.53 Å². The van der Waals surface area contributed by atoms with Gasteiger partial charge in [-0.25, -0.2) is 4.79 Å². The number of esters is 1. The van der Waals surface area contributed by atoms with Gasteiger partial charge in [-0.2, -0.15) is 0 Å². The van der Waals surface area contributed by atoms with Crippen molar-refractivity contribution in [2.24, 2.45) is 0 Å². The van der Waals surface area contributed by atoms with Crippen molar-refractivity contribution >= 4 is 16.7 Å². The molecular formula is C24H24O5. The molecule has 150 valence electrons. The van der Waals surface area contributed by atoms with E-state index in [2.05, 4.69) is 6.58 Å². The smallest absolute Gasteiger partial charge is 0.333 e. The van der Waals surface area contributed by atoms with Crippen LogP contribution in [0.1, 0.15) is 6.92 Å². The summed E-state index contributed by atoms with van der Waals surface area (Å²) >= 11 is 0. The Balaban J connectivity index is 1.58. The lowest BCUT2D eigenvalue weighted by Gasteiger charge is -2.13. The summed E-state index contributed by atoms with van der Waals surface area (Å²) in [7, 11) is 0. The van der Waals surface area contributed by atoms with Gasteiger partial charge < -0.3 is 18.9 Å². The molecule has 0 bridgehead atoms. The van der Waals surface area contributed by atoms with Gasteiger partial charge in [0, 0.05) is 16.3 Å². The highest BCUT2D eigenvalue weighted by molar-refractivity contribution is 5.93. The van der Waals surface area contributed by atoms with E-state index in [-0.39, 0.29) is 13.2 Å². The number of para-hydroxylation sites is 1. The number of ether oxygens (including phenoxy) is 4. The van der Waals surface area contributed by atoms with Gasteiger partial charge in [0.1, 0.15) is 43.7 Å². The zero-order valence-corrected chi connectivity index (χ0v) is 16.4. The molecule has 29 heavy (non-hydrogen) atoms. The van der Waals surface area contributed by atoms with Crippen LogP contribution in [0.3, 0.4) is 0 Å². The summed E-state index contributed by atoms with van der Waals surface area (Å²) < 4.78 is 22.4. The molecule has 0 fully saturated rings. The minimum Gasteiger partial charge on any atom is -0.490 e. The molecule has 3 aromatic rings. The molecule has 0 aliphatic heterocycles. The fraction of sp³-hybridized carbons (Fsp3) is 0.208. The van der Waals surface area contributed by atoms with Crippen molar-refractivity contribution in [3.63, 3.8) is 0 Å². The van der Waals surface area contributed by atoms with Crippen LogP contribution in [0.15, 0.2) is 78.9 Å². The van der Waals surface area contributed by atoms with E-state index in [9.17, 15) is 4.79 Å². The zero-order chi connectivity index (χ0) is 20.5. The van der Waals surface area contributed by atoms with E-state index in [4.69, 9.17) is 18.9 Å². The molecule has 0 spiro atoms. The molecule has 0 aliphatic carbocycles. The van der Waals surface area contributed by atoms with Gasteiger partial charge in [-0.05, 0) is 31.2 Å². The van der Waals surface area contributed by atoms with Gasteiger partial charge in [-0.15, -0.1) is 0 Å². The maximum atomic E-state index is 11.4. The van der Waals surface area contributed by atoms with Crippen molar-refractivity contribution in [2.75, 3.05) is 26.4 Å². The second kappa shape index (κ2) is 10.2. The normalized spacial score (nSPS) is 10.4. The quantitative estimate of drug-likeness (QED) is 0.282. The fourth-order valence-corrected chi connectivity index (χ4v) is 2.74. The first-order valence-electron chi connectivity index (χ1n) is 9.43. The van der Waals surface area contributed by atoms with E-state index in [0.717, 1.165) is 22.3 Å². The molecule has 0 unspecified atom stereocenters. The SMILES string of the molecule is C=C(C)C(=O)OCCOc1cccc2c(OCCOc3ccccc3)cccc12. The van der Waals surface area contributed by atoms with E-state index in [1.54, 1.807) is 6.92 Å². The number of benzene rings is 3. The second-order valence-electron chi connectivity index (χ2n) is 6.38. The summed E-state index contributed by atoms with van der Waals surface area (Å²) in [6.07, 6.45) is 0. The molecule has 0 atom stereocenters. The number of fused-ring (bicyclic) bond motifs is 1. The maximum Gasteiger partial charge on any atom is 0.333 e. The molecule has 5 nitrogen and oxygen atoms in total.